The molecular formula is C16H20N2O. The van der Waals surface area contributed by atoms with E-state index < -0.39 is 0 Å². The van der Waals surface area contributed by atoms with E-state index in [-0.39, 0.29) is 0 Å². The number of hydrogen-bond donors (Lipinski definition) is 1. The van der Waals surface area contributed by atoms with Crippen LogP contribution >= 0.6 is 0 Å². The number of nitrogens with two attached hydrogens (primary N) is 1. The molecule has 0 fully saturated rings. The van der Waals surface area contributed by atoms with Crippen molar-refractivity contribution in [3.05, 3.63) is 59.9 Å². The Balaban J connectivity index is 2.00. The number of rotatable bonds is 6. The molecule has 1 unspecified atom stereocenters. The maximum atomic E-state index is 5.88. The van der Waals surface area contributed by atoms with Gasteiger partial charge in [-0.3, -0.25) is 4.98 Å². The lowest BCUT2D eigenvalue weighted by Crippen LogP contribution is -2.13. The highest BCUT2D eigenvalue weighted by molar-refractivity contribution is 5.29. The molecule has 2 aromatic rings. The third kappa shape index (κ3) is 3.80. The molecule has 1 aromatic carbocycles. The third-order valence-corrected chi connectivity index (χ3v) is 3.38. The summed E-state index contributed by atoms with van der Waals surface area (Å²) in [4.78, 5) is 4.05. The molecule has 19 heavy (non-hydrogen) atoms. The summed E-state index contributed by atoms with van der Waals surface area (Å²) in [7, 11) is 1.69. The van der Waals surface area contributed by atoms with Crippen LogP contribution in [-0.4, -0.2) is 18.6 Å². The van der Waals surface area contributed by atoms with E-state index in [9.17, 15) is 0 Å². The molecular weight excluding hydrogens is 236 g/mol. The Morgan fingerprint density at radius 1 is 1.21 bits per heavy atom. The van der Waals surface area contributed by atoms with Crippen molar-refractivity contribution in [1.82, 2.24) is 4.98 Å². The first-order valence-electron chi connectivity index (χ1n) is 6.56. The molecule has 0 saturated heterocycles. The maximum Gasteiger partial charge on any atom is 0.119 e. The number of ether oxygens (including phenoxy) is 1. The first-order chi connectivity index (χ1) is 9.33. The van der Waals surface area contributed by atoms with E-state index in [0.717, 1.165) is 18.6 Å². The Kier molecular flexibility index (Phi) is 4.93. The summed E-state index contributed by atoms with van der Waals surface area (Å²) in [6.45, 7) is 0.661. The van der Waals surface area contributed by atoms with Crippen molar-refractivity contribution >= 4 is 0 Å². The molecule has 0 spiro atoms. The van der Waals surface area contributed by atoms with Gasteiger partial charge < -0.3 is 10.5 Å². The first-order valence-corrected chi connectivity index (χ1v) is 6.56. The zero-order valence-electron chi connectivity index (χ0n) is 11.3. The van der Waals surface area contributed by atoms with Crippen LogP contribution in [0.1, 0.15) is 23.5 Å². The standard InChI is InChI=1S/C16H20N2O/c1-19-16-4-2-3-13(11-16)5-6-15(12-17)14-7-9-18-10-8-14/h2-4,7-11,15H,5-6,12,17H2,1H3. The predicted molar refractivity (Wildman–Crippen MR) is 77.3 cm³/mol. The molecule has 100 valence electrons. The van der Waals surface area contributed by atoms with Gasteiger partial charge in [-0.25, -0.2) is 0 Å². The van der Waals surface area contributed by atoms with E-state index in [0.29, 0.717) is 12.5 Å². The van der Waals surface area contributed by atoms with Crippen LogP contribution in [0.25, 0.3) is 0 Å². The van der Waals surface area contributed by atoms with E-state index in [1.165, 1.54) is 11.1 Å². The van der Waals surface area contributed by atoms with Crippen LogP contribution in [0.5, 0.6) is 5.75 Å². The van der Waals surface area contributed by atoms with Crippen LogP contribution in [0.2, 0.25) is 0 Å². The second kappa shape index (κ2) is 6.90. The van der Waals surface area contributed by atoms with Gasteiger partial charge in [-0.05, 0) is 60.7 Å². The Morgan fingerprint density at radius 2 is 2.00 bits per heavy atom. The number of nitrogens with zero attached hydrogens (tertiary/aromatic N) is 1. The monoisotopic (exact) mass is 256 g/mol. The number of hydrogen-bond acceptors (Lipinski definition) is 3. The highest BCUT2D eigenvalue weighted by atomic mass is 16.5. The van der Waals surface area contributed by atoms with Crippen LogP contribution in [0.4, 0.5) is 0 Å². The number of benzene rings is 1. The Bertz CT molecular complexity index is 499. The number of methoxy groups -OCH3 is 1. The summed E-state index contributed by atoms with van der Waals surface area (Å²) in [6, 6.07) is 12.3. The molecule has 2 rings (SSSR count). The van der Waals surface area contributed by atoms with Crippen LogP contribution < -0.4 is 10.5 Å². The van der Waals surface area contributed by atoms with Gasteiger partial charge in [0.05, 0.1) is 7.11 Å². The van der Waals surface area contributed by atoms with Crippen molar-refractivity contribution in [1.29, 1.82) is 0 Å². The second-order valence-electron chi connectivity index (χ2n) is 4.60. The lowest BCUT2D eigenvalue weighted by atomic mass is 9.93. The molecule has 1 heterocycles. The molecule has 0 radical (unpaired) electrons. The van der Waals surface area contributed by atoms with Crippen molar-refractivity contribution < 1.29 is 4.74 Å². The Morgan fingerprint density at radius 3 is 2.68 bits per heavy atom. The molecule has 3 nitrogen and oxygen atoms in total. The lowest BCUT2D eigenvalue weighted by Gasteiger charge is -2.15. The van der Waals surface area contributed by atoms with Crippen LogP contribution in [0.15, 0.2) is 48.8 Å². The van der Waals surface area contributed by atoms with Crippen LogP contribution in [-0.2, 0) is 6.42 Å². The van der Waals surface area contributed by atoms with E-state index in [4.69, 9.17) is 10.5 Å². The van der Waals surface area contributed by atoms with Gasteiger partial charge in [-0.1, -0.05) is 12.1 Å². The molecule has 2 N–H and O–H groups in total. The number of aromatic nitrogens is 1. The fourth-order valence-corrected chi connectivity index (χ4v) is 2.23. The van der Waals surface area contributed by atoms with E-state index in [2.05, 4.69) is 17.1 Å². The third-order valence-electron chi connectivity index (χ3n) is 3.38. The minimum absolute atomic E-state index is 0.384. The van der Waals surface area contributed by atoms with Crippen molar-refractivity contribution in [2.24, 2.45) is 5.73 Å². The van der Waals surface area contributed by atoms with E-state index >= 15 is 0 Å². The largest absolute Gasteiger partial charge is 0.497 e. The highest BCUT2D eigenvalue weighted by Crippen LogP contribution is 2.21. The summed E-state index contributed by atoms with van der Waals surface area (Å²) in [6.07, 6.45) is 5.68. The topological polar surface area (TPSA) is 48.1 Å². The Labute approximate surface area is 114 Å². The van der Waals surface area contributed by atoms with Gasteiger partial charge in [0, 0.05) is 12.4 Å². The maximum absolute atomic E-state index is 5.88. The SMILES string of the molecule is COc1cccc(CCC(CN)c2ccncc2)c1. The molecule has 0 aliphatic rings. The minimum Gasteiger partial charge on any atom is -0.497 e. The smallest absolute Gasteiger partial charge is 0.119 e. The molecule has 1 aromatic heterocycles. The van der Waals surface area contributed by atoms with Gasteiger partial charge in [-0.15, -0.1) is 0 Å². The van der Waals surface area contributed by atoms with Crippen molar-refractivity contribution in [3.63, 3.8) is 0 Å². The number of pyridine rings is 1. The summed E-state index contributed by atoms with van der Waals surface area (Å²) in [5.74, 6) is 1.29. The van der Waals surface area contributed by atoms with Gasteiger partial charge in [0.2, 0.25) is 0 Å². The van der Waals surface area contributed by atoms with Crippen molar-refractivity contribution in [2.75, 3.05) is 13.7 Å². The van der Waals surface area contributed by atoms with Crippen LogP contribution in [0.3, 0.4) is 0 Å². The Hall–Kier alpha value is -1.87. The summed E-state index contributed by atoms with van der Waals surface area (Å²) < 4.78 is 5.24. The zero-order chi connectivity index (χ0) is 13.5. The fourth-order valence-electron chi connectivity index (χ4n) is 2.23. The predicted octanol–water partition coefficient (Wildman–Crippen LogP) is 2.77. The molecule has 3 heteroatoms. The molecule has 0 aliphatic carbocycles. The first kappa shape index (κ1) is 13.6. The van der Waals surface area contributed by atoms with Gasteiger partial charge >= 0.3 is 0 Å². The normalized spacial score (nSPS) is 12.1. The van der Waals surface area contributed by atoms with E-state index in [1.54, 1.807) is 7.11 Å². The van der Waals surface area contributed by atoms with Gasteiger partial charge in [0.1, 0.15) is 5.75 Å². The zero-order valence-corrected chi connectivity index (χ0v) is 11.3. The van der Waals surface area contributed by atoms with Gasteiger partial charge in [-0.2, -0.15) is 0 Å². The van der Waals surface area contributed by atoms with Crippen molar-refractivity contribution in [2.45, 2.75) is 18.8 Å². The summed E-state index contributed by atoms with van der Waals surface area (Å²) in [5.41, 5.74) is 8.43. The molecule has 0 amide bonds. The molecule has 0 saturated carbocycles. The van der Waals surface area contributed by atoms with Gasteiger partial charge in [0.25, 0.3) is 0 Å². The quantitative estimate of drug-likeness (QED) is 0.864. The average molecular weight is 256 g/mol. The molecule has 1 atom stereocenters. The highest BCUT2D eigenvalue weighted by Gasteiger charge is 2.09. The summed E-state index contributed by atoms with van der Waals surface area (Å²) >= 11 is 0. The second-order valence-corrected chi connectivity index (χ2v) is 4.60. The fraction of sp³-hybridized carbons (Fsp3) is 0.312. The molecule has 0 aliphatic heterocycles. The number of aryl methyl sites for hydroxylation is 1. The van der Waals surface area contributed by atoms with Crippen LogP contribution in [0, 0.1) is 0 Å². The lowest BCUT2D eigenvalue weighted by molar-refractivity contribution is 0.414. The van der Waals surface area contributed by atoms with Crippen molar-refractivity contribution in [3.8, 4) is 5.75 Å². The van der Waals surface area contributed by atoms with Gasteiger partial charge in [0.15, 0.2) is 0 Å². The van der Waals surface area contributed by atoms with E-state index in [1.807, 2.05) is 36.7 Å². The minimum atomic E-state index is 0.384. The average Bonchev–Trinajstić information content (AvgIpc) is 2.49. The molecule has 0 bridgehead atoms. The summed E-state index contributed by atoms with van der Waals surface area (Å²) in [5, 5.41) is 0.